The maximum atomic E-state index is 13.5. The van der Waals surface area contributed by atoms with Crippen molar-refractivity contribution in [3.05, 3.63) is 65.5 Å². The summed E-state index contributed by atoms with van der Waals surface area (Å²) in [7, 11) is 0. The van der Waals surface area contributed by atoms with Crippen LogP contribution >= 0.6 is 0 Å². The summed E-state index contributed by atoms with van der Waals surface area (Å²) >= 11 is 0. The van der Waals surface area contributed by atoms with Crippen LogP contribution in [0.4, 0.5) is 10.1 Å². The Morgan fingerprint density at radius 1 is 1.10 bits per heavy atom. The predicted molar refractivity (Wildman–Crippen MR) is 80.5 cm³/mol. The Balaban J connectivity index is 1.60. The Morgan fingerprint density at radius 2 is 1.81 bits per heavy atom. The molecule has 0 saturated heterocycles. The Morgan fingerprint density at radius 3 is 2.62 bits per heavy atom. The second-order valence-electron chi connectivity index (χ2n) is 5.26. The summed E-state index contributed by atoms with van der Waals surface area (Å²) in [6.07, 6.45) is 0.948. The fourth-order valence-electron chi connectivity index (χ4n) is 2.64. The summed E-state index contributed by atoms with van der Waals surface area (Å²) in [5.74, 6) is -0.589. The highest BCUT2D eigenvalue weighted by atomic mass is 19.1. The number of amides is 1. The number of carbonyl (C=O) groups is 1. The fourth-order valence-corrected chi connectivity index (χ4v) is 2.64. The number of para-hydroxylation sites is 1. The molecule has 0 spiro atoms. The van der Waals surface area contributed by atoms with E-state index in [1.807, 2.05) is 12.1 Å². The largest absolute Gasteiger partial charge is 0.322 e. The molecule has 0 unspecified atom stereocenters. The molecule has 0 radical (unpaired) electrons. The van der Waals surface area contributed by atoms with Gasteiger partial charge in [0.15, 0.2) is 0 Å². The number of carbonyl (C=O) groups excluding carboxylic acids is 1. The van der Waals surface area contributed by atoms with Gasteiger partial charge in [-0.15, -0.1) is 0 Å². The molecule has 0 saturated carbocycles. The second kappa shape index (κ2) is 6.06. The normalized spacial score (nSPS) is 14.5. The van der Waals surface area contributed by atoms with Gasteiger partial charge in [-0.25, -0.2) is 4.39 Å². The van der Waals surface area contributed by atoms with Crippen LogP contribution in [0.3, 0.4) is 0 Å². The summed E-state index contributed by atoms with van der Waals surface area (Å²) in [5.41, 5.74) is 2.85. The van der Waals surface area contributed by atoms with Gasteiger partial charge in [-0.05, 0) is 29.7 Å². The van der Waals surface area contributed by atoms with Crippen molar-refractivity contribution in [3.63, 3.8) is 0 Å². The smallest absolute Gasteiger partial charge is 0.238 e. The van der Waals surface area contributed by atoms with Gasteiger partial charge in [-0.3, -0.25) is 9.69 Å². The molecular formula is C17H17FN2O. The maximum Gasteiger partial charge on any atom is 0.238 e. The van der Waals surface area contributed by atoms with Crippen LogP contribution in [0.2, 0.25) is 0 Å². The first-order valence-electron chi connectivity index (χ1n) is 7.06. The number of nitrogens with zero attached hydrogens (tertiary/aromatic N) is 1. The maximum absolute atomic E-state index is 13.5. The molecule has 2 aromatic rings. The van der Waals surface area contributed by atoms with Gasteiger partial charge < -0.3 is 5.32 Å². The quantitative estimate of drug-likeness (QED) is 0.940. The summed E-state index contributed by atoms with van der Waals surface area (Å²) in [4.78, 5) is 14.1. The van der Waals surface area contributed by atoms with Crippen LogP contribution in [-0.2, 0) is 17.8 Å². The number of nitrogens with one attached hydrogen (secondary N) is 1. The van der Waals surface area contributed by atoms with E-state index in [9.17, 15) is 9.18 Å². The zero-order valence-corrected chi connectivity index (χ0v) is 11.7. The lowest BCUT2D eigenvalue weighted by Gasteiger charge is -2.28. The Hall–Kier alpha value is -2.20. The molecule has 0 aliphatic carbocycles. The average molecular weight is 284 g/mol. The molecule has 3 nitrogen and oxygen atoms in total. The minimum atomic E-state index is -0.408. The third kappa shape index (κ3) is 3.28. The molecule has 0 atom stereocenters. The Kier molecular flexibility index (Phi) is 3.97. The van der Waals surface area contributed by atoms with Crippen molar-refractivity contribution in [1.82, 2.24) is 4.90 Å². The van der Waals surface area contributed by atoms with E-state index in [2.05, 4.69) is 22.3 Å². The van der Waals surface area contributed by atoms with Gasteiger partial charge in [0.25, 0.3) is 0 Å². The van der Waals surface area contributed by atoms with Crippen molar-refractivity contribution < 1.29 is 9.18 Å². The van der Waals surface area contributed by atoms with E-state index in [0.29, 0.717) is 0 Å². The van der Waals surface area contributed by atoms with Crippen molar-refractivity contribution in [2.24, 2.45) is 0 Å². The predicted octanol–water partition coefficient (Wildman–Crippen LogP) is 2.82. The van der Waals surface area contributed by atoms with Gasteiger partial charge in [0.1, 0.15) is 5.82 Å². The number of benzene rings is 2. The lowest BCUT2D eigenvalue weighted by Crippen LogP contribution is -2.37. The molecule has 3 rings (SSSR count). The molecule has 0 aromatic heterocycles. The SMILES string of the molecule is O=C(CN1CCc2ccccc2C1)Nc1ccccc1F. The molecule has 1 heterocycles. The van der Waals surface area contributed by atoms with Gasteiger partial charge in [0.05, 0.1) is 12.2 Å². The molecule has 1 aliphatic heterocycles. The first kappa shape index (κ1) is 13.8. The van der Waals surface area contributed by atoms with Gasteiger partial charge in [0, 0.05) is 13.1 Å². The van der Waals surface area contributed by atoms with Gasteiger partial charge in [-0.1, -0.05) is 36.4 Å². The minimum Gasteiger partial charge on any atom is -0.322 e. The highest BCUT2D eigenvalue weighted by molar-refractivity contribution is 5.92. The van der Waals surface area contributed by atoms with Crippen LogP contribution in [0, 0.1) is 5.82 Å². The second-order valence-corrected chi connectivity index (χ2v) is 5.26. The third-order valence-electron chi connectivity index (χ3n) is 3.72. The molecule has 1 N–H and O–H groups in total. The zero-order chi connectivity index (χ0) is 14.7. The van der Waals surface area contributed by atoms with E-state index in [1.54, 1.807) is 18.2 Å². The number of anilines is 1. The van der Waals surface area contributed by atoms with E-state index < -0.39 is 5.82 Å². The zero-order valence-electron chi connectivity index (χ0n) is 11.7. The van der Waals surface area contributed by atoms with E-state index in [-0.39, 0.29) is 18.1 Å². The number of fused-ring (bicyclic) bond motifs is 1. The Bertz CT molecular complexity index is 657. The van der Waals surface area contributed by atoms with E-state index in [1.165, 1.54) is 17.2 Å². The van der Waals surface area contributed by atoms with Crippen molar-refractivity contribution in [1.29, 1.82) is 0 Å². The van der Waals surface area contributed by atoms with Crippen molar-refractivity contribution in [3.8, 4) is 0 Å². The average Bonchev–Trinajstić information content (AvgIpc) is 2.49. The molecule has 21 heavy (non-hydrogen) atoms. The van der Waals surface area contributed by atoms with Crippen LogP contribution in [-0.4, -0.2) is 23.9 Å². The van der Waals surface area contributed by atoms with E-state index in [0.717, 1.165) is 19.5 Å². The lowest BCUT2D eigenvalue weighted by molar-refractivity contribution is -0.117. The molecule has 1 aliphatic rings. The molecule has 1 amide bonds. The molecule has 108 valence electrons. The first-order valence-corrected chi connectivity index (χ1v) is 7.06. The molecule has 0 bridgehead atoms. The highest BCUT2D eigenvalue weighted by Crippen LogP contribution is 2.18. The van der Waals surface area contributed by atoms with E-state index >= 15 is 0 Å². The lowest BCUT2D eigenvalue weighted by atomic mass is 10.00. The number of hydrogen-bond acceptors (Lipinski definition) is 2. The summed E-state index contributed by atoms with van der Waals surface area (Å²) in [5, 5.41) is 2.63. The molecular weight excluding hydrogens is 267 g/mol. The number of hydrogen-bond donors (Lipinski definition) is 1. The van der Waals surface area contributed by atoms with Crippen molar-refractivity contribution in [2.45, 2.75) is 13.0 Å². The fraction of sp³-hybridized carbons (Fsp3) is 0.235. The van der Waals surface area contributed by atoms with Crippen LogP contribution in [0.25, 0.3) is 0 Å². The van der Waals surface area contributed by atoms with E-state index in [4.69, 9.17) is 0 Å². The molecule has 0 fully saturated rings. The van der Waals surface area contributed by atoms with Gasteiger partial charge in [-0.2, -0.15) is 0 Å². The van der Waals surface area contributed by atoms with Gasteiger partial charge in [0.2, 0.25) is 5.91 Å². The van der Waals surface area contributed by atoms with Crippen LogP contribution < -0.4 is 5.32 Å². The van der Waals surface area contributed by atoms with Crippen LogP contribution in [0.15, 0.2) is 48.5 Å². The van der Waals surface area contributed by atoms with Crippen LogP contribution in [0.1, 0.15) is 11.1 Å². The third-order valence-corrected chi connectivity index (χ3v) is 3.72. The standard InChI is InChI=1S/C17H17FN2O/c18-15-7-3-4-8-16(15)19-17(21)12-20-10-9-13-5-1-2-6-14(13)11-20/h1-8H,9-12H2,(H,19,21). The summed E-state index contributed by atoms with van der Waals surface area (Å²) < 4.78 is 13.5. The summed E-state index contributed by atoms with van der Waals surface area (Å²) in [6, 6.07) is 14.5. The monoisotopic (exact) mass is 284 g/mol. The van der Waals surface area contributed by atoms with Gasteiger partial charge >= 0.3 is 0 Å². The minimum absolute atomic E-state index is 0.181. The summed E-state index contributed by atoms with van der Waals surface area (Å²) in [6.45, 7) is 1.89. The number of rotatable bonds is 3. The topological polar surface area (TPSA) is 32.3 Å². The first-order chi connectivity index (χ1) is 10.2. The van der Waals surface area contributed by atoms with Crippen molar-refractivity contribution >= 4 is 11.6 Å². The molecule has 4 heteroatoms. The molecule has 2 aromatic carbocycles. The van der Waals surface area contributed by atoms with Crippen LogP contribution in [0.5, 0.6) is 0 Å². The Labute approximate surface area is 123 Å². The highest BCUT2D eigenvalue weighted by Gasteiger charge is 2.18. The van der Waals surface area contributed by atoms with Crippen molar-refractivity contribution in [2.75, 3.05) is 18.4 Å². The number of halogens is 1.